The number of aromatic nitrogens is 3. The largest absolute Gasteiger partial charge is 0.487 e. The Morgan fingerprint density at radius 3 is 2.25 bits per heavy atom. The molecule has 1 aromatic heterocycles. The van der Waals surface area contributed by atoms with Crippen molar-refractivity contribution in [3.63, 3.8) is 0 Å². The molecular weight excluding hydrogens is 352 g/mol. The van der Waals surface area contributed by atoms with E-state index in [4.69, 9.17) is 9.47 Å². The van der Waals surface area contributed by atoms with Crippen LogP contribution in [0.1, 0.15) is 33.3 Å². The van der Waals surface area contributed by atoms with Gasteiger partial charge < -0.3 is 14.8 Å². The zero-order chi connectivity index (χ0) is 19.8. The van der Waals surface area contributed by atoms with E-state index < -0.39 is 0 Å². The average molecular weight is 378 g/mol. The summed E-state index contributed by atoms with van der Waals surface area (Å²) in [6, 6.07) is 8.05. The number of anilines is 2. The molecule has 0 radical (unpaired) electrons. The van der Waals surface area contributed by atoms with Crippen LogP contribution in [0.25, 0.3) is 22.0 Å². The van der Waals surface area contributed by atoms with E-state index in [1.165, 1.54) is 5.56 Å². The van der Waals surface area contributed by atoms with Crippen molar-refractivity contribution >= 4 is 22.3 Å². The van der Waals surface area contributed by atoms with Gasteiger partial charge in [0, 0.05) is 17.1 Å². The lowest BCUT2D eigenvalue weighted by Gasteiger charge is -2.17. The van der Waals surface area contributed by atoms with E-state index in [-0.39, 0.29) is 12.2 Å². The van der Waals surface area contributed by atoms with Gasteiger partial charge in [-0.15, -0.1) is 0 Å². The van der Waals surface area contributed by atoms with Crippen molar-refractivity contribution in [2.24, 2.45) is 0 Å². The molecule has 0 saturated heterocycles. The van der Waals surface area contributed by atoms with Crippen LogP contribution in [0.4, 0.5) is 11.5 Å². The Morgan fingerprint density at radius 1 is 0.964 bits per heavy atom. The van der Waals surface area contributed by atoms with Gasteiger partial charge in [-0.1, -0.05) is 0 Å². The number of nitrogens with one attached hydrogen (secondary N) is 3. The molecule has 6 nitrogen and oxygen atoms in total. The van der Waals surface area contributed by atoms with Crippen LogP contribution in [0.15, 0.2) is 36.7 Å². The SMILES string of the molecule is Cc1c2c(Nc3cccnc3)[nH][nH]c-2c2cc(OC(C)C)c(OC(C)C)cc12. The molecule has 0 unspecified atom stereocenters. The molecular formula is C22H26N4O2. The van der Waals surface area contributed by atoms with E-state index in [0.717, 1.165) is 45.0 Å². The molecule has 1 aromatic carbocycles. The molecule has 2 aliphatic rings. The third-order valence-electron chi connectivity index (χ3n) is 4.60. The lowest BCUT2D eigenvalue weighted by atomic mass is 10.1. The first kappa shape index (κ1) is 18.2. The van der Waals surface area contributed by atoms with Crippen LogP contribution < -0.4 is 14.8 Å². The van der Waals surface area contributed by atoms with Gasteiger partial charge in [-0.25, -0.2) is 0 Å². The minimum absolute atomic E-state index is 0.0662. The average Bonchev–Trinajstić information content (AvgIpc) is 3.16. The third-order valence-corrected chi connectivity index (χ3v) is 4.60. The van der Waals surface area contributed by atoms with Crippen molar-refractivity contribution < 1.29 is 9.47 Å². The Hall–Kier alpha value is -3.15. The fourth-order valence-corrected chi connectivity index (χ4v) is 3.53. The van der Waals surface area contributed by atoms with Crippen LogP contribution in [-0.4, -0.2) is 27.4 Å². The number of aromatic amines is 2. The fraction of sp³-hybridized carbons (Fsp3) is 0.318. The first-order valence-corrected chi connectivity index (χ1v) is 9.60. The predicted octanol–water partition coefficient (Wildman–Crippen LogP) is 5.62. The molecule has 2 heterocycles. The molecule has 28 heavy (non-hydrogen) atoms. The zero-order valence-electron chi connectivity index (χ0n) is 16.9. The van der Waals surface area contributed by atoms with Gasteiger partial charge in [0.05, 0.1) is 29.8 Å². The number of benzene rings is 1. The van der Waals surface area contributed by atoms with Crippen molar-refractivity contribution in [2.45, 2.75) is 46.8 Å². The third kappa shape index (κ3) is 3.26. The Morgan fingerprint density at radius 2 is 1.64 bits per heavy atom. The maximum atomic E-state index is 6.04. The number of H-pyrrole nitrogens is 2. The summed E-state index contributed by atoms with van der Waals surface area (Å²) in [5.41, 5.74) is 4.27. The summed E-state index contributed by atoms with van der Waals surface area (Å²) in [6.45, 7) is 10.2. The van der Waals surface area contributed by atoms with Gasteiger partial charge in [0.1, 0.15) is 5.82 Å². The molecule has 146 valence electrons. The highest BCUT2D eigenvalue weighted by molar-refractivity contribution is 6.08. The number of rotatable bonds is 6. The highest BCUT2D eigenvalue weighted by atomic mass is 16.5. The number of hydrogen-bond donors (Lipinski definition) is 3. The zero-order valence-corrected chi connectivity index (χ0v) is 16.9. The second kappa shape index (κ2) is 7.11. The van der Waals surface area contributed by atoms with Crippen LogP contribution in [0.2, 0.25) is 0 Å². The number of nitrogens with zero attached hydrogens (tertiary/aromatic N) is 1. The molecule has 1 aliphatic heterocycles. The monoisotopic (exact) mass is 378 g/mol. The molecule has 0 amide bonds. The van der Waals surface area contributed by atoms with Gasteiger partial charge in [0.15, 0.2) is 11.5 Å². The van der Waals surface area contributed by atoms with E-state index in [9.17, 15) is 0 Å². The summed E-state index contributed by atoms with van der Waals surface area (Å²) in [5.74, 6) is 2.45. The molecule has 0 saturated carbocycles. The van der Waals surface area contributed by atoms with E-state index in [0.29, 0.717) is 0 Å². The molecule has 2 aromatic rings. The Balaban J connectivity index is 1.84. The lowest BCUT2D eigenvalue weighted by Crippen LogP contribution is -2.10. The summed E-state index contributed by atoms with van der Waals surface area (Å²) < 4.78 is 12.1. The standard InChI is InChI=1S/C22H26N4O2/c1-12(2)27-18-9-16-14(5)20-21(17(16)10-19(18)28-13(3)4)25-26-22(20)24-15-7-6-8-23-11-15/h6-13,24-26H,1-5H3. The summed E-state index contributed by atoms with van der Waals surface area (Å²) in [5, 5.41) is 12.2. The molecule has 0 bridgehead atoms. The van der Waals surface area contributed by atoms with E-state index in [1.807, 2.05) is 39.8 Å². The first-order valence-electron chi connectivity index (χ1n) is 9.60. The number of fused-ring (bicyclic) bond motifs is 3. The molecule has 0 fully saturated rings. The van der Waals surface area contributed by atoms with Gasteiger partial charge in [-0.3, -0.25) is 15.2 Å². The smallest absolute Gasteiger partial charge is 0.162 e. The van der Waals surface area contributed by atoms with Crippen molar-refractivity contribution in [3.05, 3.63) is 42.2 Å². The highest BCUT2D eigenvalue weighted by Crippen LogP contribution is 2.46. The molecule has 0 spiro atoms. The van der Waals surface area contributed by atoms with Crippen LogP contribution in [0, 0.1) is 6.92 Å². The number of ether oxygens (including phenoxy) is 2. The minimum atomic E-state index is 0.0662. The maximum Gasteiger partial charge on any atom is 0.162 e. The molecule has 0 atom stereocenters. The van der Waals surface area contributed by atoms with Gasteiger partial charge >= 0.3 is 0 Å². The summed E-state index contributed by atoms with van der Waals surface area (Å²) >= 11 is 0. The van der Waals surface area contributed by atoms with Crippen LogP contribution in [0.3, 0.4) is 0 Å². The first-order chi connectivity index (χ1) is 13.4. The summed E-state index contributed by atoms with van der Waals surface area (Å²) in [7, 11) is 0. The maximum absolute atomic E-state index is 6.04. The number of aryl methyl sites for hydroxylation is 1. The van der Waals surface area contributed by atoms with E-state index in [1.54, 1.807) is 12.4 Å². The fourth-order valence-electron chi connectivity index (χ4n) is 3.53. The van der Waals surface area contributed by atoms with Gasteiger partial charge in [0.2, 0.25) is 0 Å². The predicted molar refractivity (Wildman–Crippen MR) is 113 cm³/mol. The van der Waals surface area contributed by atoms with Gasteiger partial charge in [-0.05, 0) is 69.8 Å². The van der Waals surface area contributed by atoms with Gasteiger partial charge in [0.25, 0.3) is 0 Å². The molecule has 4 rings (SSSR count). The van der Waals surface area contributed by atoms with Crippen molar-refractivity contribution in [3.8, 4) is 22.8 Å². The second-order valence-electron chi connectivity index (χ2n) is 7.54. The minimum Gasteiger partial charge on any atom is -0.487 e. The van der Waals surface area contributed by atoms with Crippen molar-refractivity contribution in [1.82, 2.24) is 15.2 Å². The number of hydrogen-bond acceptors (Lipinski definition) is 4. The van der Waals surface area contributed by atoms with E-state index >= 15 is 0 Å². The Kier molecular flexibility index (Phi) is 4.63. The Labute approximate surface area is 164 Å². The lowest BCUT2D eigenvalue weighted by molar-refractivity contribution is 0.199. The second-order valence-corrected chi connectivity index (χ2v) is 7.54. The molecule has 6 heteroatoms. The Bertz CT molecular complexity index is 1060. The van der Waals surface area contributed by atoms with Gasteiger partial charge in [-0.2, -0.15) is 0 Å². The summed E-state index contributed by atoms with van der Waals surface area (Å²) in [4.78, 5) is 4.17. The summed E-state index contributed by atoms with van der Waals surface area (Å²) in [6.07, 6.45) is 3.70. The van der Waals surface area contributed by atoms with Crippen molar-refractivity contribution in [2.75, 3.05) is 5.32 Å². The van der Waals surface area contributed by atoms with Crippen LogP contribution >= 0.6 is 0 Å². The topological polar surface area (TPSA) is 75.0 Å². The highest BCUT2D eigenvalue weighted by Gasteiger charge is 2.24. The van der Waals surface area contributed by atoms with Crippen LogP contribution in [0.5, 0.6) is 11.5 Å². The normalized spacial score (nSPS) is 11.7. The van der Waals surface area contributed by atoms with E-state index in [2.05, 4.69) is 39.6 Å². The molecule has 1 aliphatic carbocycles. The molecule has 3 N–H and O–H groups in total. The quantitative estimate of drug-likeness (QED) is 0.407. The van der Waals surface area contributed by atoms with Crippen LogP contribution in [-0.2, 0) is 0 Å². The van der Waals surface area contributed by atoms with Crippen molar-refractivity contribution in [1.29, 1.82) is 0 Å². The number of pyridine rings is 1.